The lowest BCUT2D eigenvalue weighted by Crippen LogP contribution is -2.22. The Labute approximate surface area is 129 Å². The van der Waals surface area contributed by atoms with E-state index in [-0.39, 0.29) is 0 Å². The molecule has 2 aromatic rings. The van der Waals surface area contributed by atoms with E-state index in [1.807, 2.05) is 11.3 Å². The molecule has 1 aromatic heterocycles. The maximum absolute atomic E-state index is 5.92. The van der Waals surface area contributed by atoms with E-state index in [0.717, 1.165) is 38.3 Å². The van der Waals surface area contributed by atoms with E-state index >= 15 is 0 Å². The fraction of sp³-hybridized carbons (Fsp3) is 0.471. The number of rotatable bonds is 4. The first-order valence-corrected chi connectivity index (χ1v) is 8.63. The van der Waals surface area contributed by atoms with Gasteiger partial charge in [-0.05, 0) is 42.5 Å². The number of benzene rings is 1. The third kappa shape index (κ3) is 2.83. The molecule has 0 radical (unpaired) electrons. The van der Waals surface area contributed by atoms with Gasteiger partial charge in [0, 0.05) is 30.8 Å². The number of nitrogens with one attached hydrogen (secondary N) is 1. The normalized spacial score (nSPS) is 16.6. The number of hydrogen-bond donors (Lipinski definition) is 1. The number of aromatic nitrogens is 1. The van der Waals surface area contributed by atoms with Crippen LogP contribution in [0.25, 0.3) is 0 Å². The van der Waals surface area contributed by atoms with Crippen LogP contribution in [0.2, 0.25) is 0 Å². The second-order valence-electron chi connectivity index (χ2n) is 5.79. The van der Waals surface area contributed by atoms with E-state index in [2.05, 4.69) is 23.5 Å². The van der Waals surface area contributed by atoms with Gasteiger partial charge < -0.3 is 10.1 Å². The van der Waals surface area contributed by atoms with Gasteiger partial charge in [0.05, 0.1) is 17.3 Å². The summed E-state index contributed by atoms with van der Waals surface area (Å²) in [5, 5.41) is 4.61. The van der Waals surface area contributed by atoms with Crippen molar-refractivity contribution in [3.8, 4) is 5.75 Å². The average molecular weight is 300 g/mol. The maximum Gasteiger partial charge on any atom is 0.119 e. The molecule has 2 heterocycles. The van der Waals surface area contributed by atoms with Gasteiger partial charge in [0.2, 0.25) is 0 Å². The maximum atomic E-state index is 5.92. The second kappa shape index (κ2) is 5.78. The van der Waals surface area contributed by atoms with Crippen molar-refractivity contribution in [3.05, 3.63) is 44.9 Å². The van der Waals surface area contributed by atoms with E-state index in [1.165, 1.54) is 46.0 Å². The molecule has 0 spiro atoms. The summed E-state index contributed by atoms with van der Waals surface area (Å²) in [7, 11) is 0. The van der Waals surface area contributed by atoms with Crippen molar-refractivity contribution in [2.75, 3.05) is 13.2 Å². The van der Waals surface area contributed by atoms with E-state index in [9.17, 15) is 0 Å². The fourth-order valence-corrected chi connectivity index (χ4v) is 4.25. The van der Waals surface area contributed by atoms with Crippen LogP contribution in [0.4, 0.5) is 0 Å². The minimum atomic E-state index is 0.721. The van der Waals surface area contributed by atoms with Gasteiger partial charge in [-0.15, -0.1) is 11.3 Å². The van der Waals surface area contributed by atoms with Crippen LogP contribution < -0.4 is 10.1 Å². The topological polar surface area (TPSA) is 34.1 Å². The van der Waals surface area contributed by atoms with Crippen molar-refractivity contribution < 1.29 is 4.74 Å². The highest BCUT2D eigenvalue weighted by Gasteiger charge is 2.15. The van der Waals surface area contributed by atoms with Crippen LogP contribution in [-0.2, 0) is 32.2 Å². The van der Waals surface area contributed by atoms with Gasteiger partial charge >= 0.3 is 0 Å². The standard InChI is InChI=1S/C17H20N2OS/c1-2-12-4-5-14(10-13(12)3-1)20-9-7-17-19-15-6-8-18-11-16(15)21-17/h4-5,10,18H,1-3,6-9,11H2. The number of nitrogens with zero attached hydrogens (tertiary/aromatic N) is 1. The molecule has 0 fully saturated rings. The number of ether oxygens (including phenoxy) is 1. The van der Waals surface area contributed by atoms with Crippen molar-refractivity contribution in [2.24, 2.45) is 0 Å². The molecule has 0 bridgehead atoms. The van der Waals surface area contributed by atoms with E-state index < -0.39 is 0 Å². The van der Waals surface area contributed by atoms with Crippen LogP contribution in [0.15, 0.2) is 18.2 Å². The van der Waals surface area contributed by atoms with Crippen LogP contribution in [0.5, 0.6) is 5.75 Å². The summed E-state index contributed by atoms with van der Waals surface area (Å²) < 4.78 is 5.92. The van der Waals surface area contributed by atoms with Gasteiger partial charge in [-0.25, -0.2) is 4.98 Å². The molecule has 3 nitrogen and oxygen atoms in total. The predicted octanol–water partition coefficient (Wildman–Crippen LogP) is 2.90. The van der Waals surface area contributed by atoms with E-state index in [1.54, 1.807) is 0 Å². The molecule has 1 N–H and O–H groups in total. The average Bonchev–Trinajstić information content (AvgIpc) is 3.12. The zero-order valence-corrected chi connectivity index (χ0v) is 13.0. The molecule has 0 saturated heterocycles. The third-order valence-electron chi connectivity index (χ3n) is 4.30. The molecule has 0 atom stereocenters. The molecule has 110 valence electrons. The Morgan fingerprint density at radius 3 is 3.10 bits per heavy atom. The Hall–Kier alpha value is -1.39. The number of hydrogen-bond acceptors (Lipinski definition) is 4. The number of aryl methyl sites for hydroxylation is 2. The fourth-order valence-electron chi connectivity index (χ4n) is 3.18. The first kappa shape index (κ1) is 13.3. The van der Waals surface area contributed by atoms with Gasteiger partial charge in [0.25, 0.3) is 0 Å². The Balaban J connectivity index is 1.36. The summed E-state index contributed by atoms with van der Waals surface area (Å²) in [5.74, 6) is 1.01. The van der Waals surface area contributed by atoms with Gasteiger partial charge in [-0.3, -0.25) is 0 Å². The van der Waals surface area contributed by atoms with Crippen LogP contribution in [0.1, 0.15) is 33.1 Å². The SMILES string of the molecule is c1cc2c(cc1OCCc1nc3c(s1)CNCC3)CCC2. The van der Waals surface area contributed by atoms with Crippen molar-refractivity contribution in [2.45, 2.75) is 38.6 Å². The highest BCUT2D eigenvalue weighted by molar-refractivity contribution is 7.11. The van der Waals surface area contributed by atoms with Crippen molar-refractivity contribution in [3.63, 3.8) is 0 Å². The summed E-state index contributed by atoms with van der Waals surface area (Å²) in [6.07, 6.45) is 5.71. The first-order valence-electron chi connectivity index (χ1n) is 7.81. The quantitative estimate of drug-likeness (QED) is 0.943. The van der Waals surface area contributed by atoms with Crippen LogP contribution in [-0.4, -0.2) is 18.1 Å². The lowest BCUT2D eigenvalue weighted by molar-refractivity contribution is 0.321. The van der Waals surface area contributed by atoms with E-state index in [4.69, 9.17) is 9.72 Å². The van der Waals surface area contributed by atoms with Crippen LogP contribution in [0.3, 0.4) is 0 Å². The summed E-state index contributed by atoms with van der Waals surface area (Å²) in [4.78, 5) is 6.15. The van der Waals surface area contributed by atoms with Gasteiger partial charge in [-0.2, -0.15) is 0 Å². The molecular weight excluding hydrogens is 280 g/mol. The van der Waals surface area contributed by atoms with Gasteiger partial charge in [-0.1, -0.05) is 6.07 Å². The summed E-state index contributed by atoms with van der Waals surface area (Å²) in [6, 6.07) is 6.56. The van der Waals surface area contributed by atoms with E-state index in [0.29, 0.717) is 0 Å². The van der Waals surface area contributed by atoms with Crippen LogP contribution in [0, 0.1) is 0 Å². The largest absolute Gasteiger partial charge is 0.493 e. The molecule has 1 aliphatic heterocycles. The molecular formula is C17H20N2OS. The van der Waals surface area contributed by atoms with Crippen molar-refractivity contribution >= 4 is 11.3 Å². The first-order chi connectivity index (χ1) is 10.4. The third-order valence-corrected chi connectivity index (χ3v) is 5.46. The molecule has 21 heavy (non-hydrogen) atoms. The van der Waals surface area contributed by atoms with Crippen molar-refractivity contribution in [1.29, 1.82) is 0 Å². The summed E-state index contributed by atoms with van der Waals surface area (Å²) in [6.45, 7) is 2.76. The molecule has 4 heteroatoms. The molecule has 0 amide bonds. The number of thiazole rings is 1. The van der Waals surface area contributed by atoms with Crippen LogP contribution >= 0.6 is 11.3 Å². The molecule has 1 aliphatic carbocycles. The Bertz CT molecular complexity index is 627. The lowest BCUT2D eigenvalue weighted by atomic mass is 10.1. The highest BCUT2D eigenvalue weighted by Crippen LogP contribution is 2.26. The Kier molecular flexibility index (Phi) is 3.65. The van der Waals surface area contributed by atoms with Gasteiger partial charge in [0.1, 0.15) is 5.75 Å². The number of fused-ring (bicyclic) bond motifs is 2. The molecule has 2 aliphatic rings. The Morgan fingerprint density at radius 1 is 1.19 bits per heavy atom. The zero-order valence-electron chi connectivity index (χ0n) is 12.2. The predicted molar refractivity (Wildman–Crippen MR) is 85.2 cm³/mol. The molecule has 1 aromatic carbocycles. The second-order valence-corrected chi connectivity index (χ2v) is 6.95. The Morgan fingerprint density at radius 2 is 2.14 bits per heavy atom. The smallest absolute Gasteiger partial charge is 0.119 e. The lowest BCUT2D eigenvalue weighted by Gasteiger charge is -2.09. The molecule has 0 saturated carbocycles. The zero-order chi connectivity index (χ0) is 14.1. The minimum absolute atomic E-state index is 0.721. The minimum Gasteiger partial charge on any atom is -0.493 e. The summed E-state index contributed by atoms with van der Waals surface area (Å²) >= 11 is 1.84. The van der Waals surface area contributed by atoms with Crippen molar-refractivity contribution in [1.82, 2.24) is 10.3 Å². The molecule has 4 rings (SSSR count). The van der Waals surface area contributed by atoms with Gasteiger partial charge in [0.15, 0.2) is 0 Å². The molecule has 0 unspecified atom stereocenters. The summed E-state index contributed by atoms with van der Waals surface area (Å²) in [5.41, 5.74) is 4.28. The highest BCUT2D eigenvalue weighted by atomic mass is 32.1. The monoisotopic (exact) mass is 300 g/mol.